The van der Waals surface area contributed by atoms with Crippen LogP contribution in [0.25, 0.3) is 11.0 Å². The molecule has 0 unspecified atom stereocenters. The second-order valence-electron chi connectivity index (χ2n) is 4.57. The summed E-state index contributed by atoms with van der Waals surface area (Å²) in [6.45, 7) is 0. The molecule has 0 amide bonds. The van der Waals surface area contributed by atoms with Gasteiger partial charge in [-0.25, -0.2) is 9.37 Å². The summed E-state index contributed by atoms with van der Waals surface area (Å²) in [7, 11) is 0. The van der Waals surface area contributed by atoms with Gasteiger partial charge in [0.2, 0.25) is 0 Å². The highest BCUT2D eigenvalue weighted by Gasteiger charge is 2.08. The third-order valence-electron chi connectivity index (χ3n) is 3.10. The fourth-order valence-corrected chi connectivity index (χ4v) is 2.85. The van der Waals surface area contributed by atoms with Crippen molar-refractivity contribution in [3.05, 3.63) is 59.4 Å². The number of nitrogens with zero attached hydrogens (tertiary/aromatic N) is 1. The van der Waals surface area contributed by atoms with Gasteiger partial charge in [0.25, 0.3) is 0 Å². The standard InChI is InChI=1S/C15H13FN4S/c16-11-7-9(14(17)18)5-6-10(11)8-21-15-19-12-3-1-2-4-13(12)20-15/h1-7H,8H2,(H3,17,18)(H,19,20). The molecule has 0 saturated carbocycles. The Morgan fingerprint density at radius 1 is 1.29 bits per heavy atom. The Kier molecular flexibility index (Phi) is 3.62. The van der Waals surface area contributed by atoms with Crippen LogP contribution < -0.4 is 5.73 Å². The first-order valence-electron chi connectivity index (χ1n) is 6.34. The number of nitrogen functional groups attached to an aromatic ring is 1. The normalized spacial score (nSPS) is 10.9. The van der Waals surface area contributed by atoms with Crippen molar-refractivity contribution in [2.75, 3.05) is 0 Å². The van der Waals surface area contributed by atoms with Gasteiger partial charge in [0.05, 0.1) is 11.0 Å². The number of aromatic nitrogens is 2. The number of nitrogens with one attached hydrogen (secondary N) is 2. The molecule has 0 atom stereocenters. The van der Waals surface area contributed by atoms with E-state index in [1.165, 1.54) is 17.8 Å². The summed E-state index contributed by atoms with van der Waals surface area (Å²) in [5.74, 6) is -0.0270. The molecule has 6 heteroatoms. The van der Waals surface area contributed by atoms with Crippen molar-refractivity contribution in [3.8, 4) is 0 Å². The number of amidine groups is 1. The summed E-state index contributed by atoms with van der Waals surface area (Å²) in [6.07, 6.45) is 0. The fraction of sp³-hybridized carbons (Fsp3) is 0.0667. The van der Waals surface area contributed by atoms with Gasteiger partial charge in [0, 0.05) is 11.3 Å². The fourth-order valence-electron chi connectivity index (χ4n) is 1.98. The van der Waals surface area contributed by atoms with Gasteiger partial charge in [0.15, 0.2) is 5.16 Å². The minimum absolute atomic E-state index is 0.134. The zero-order valence-electron chi connectivity index (χ0n) is 11.1. The lowest BCUT2D eigenvalue weighted by molar-refractivity contribution is 0.617. The summed E-state index contributed by atoms with van der Waals surface area (Å²) in [5.41, 5.74) is 8.15. The van der Waals surface area contributed by atoms with Gasteiger partial charge in [-0.1, -0.05) is 36.0 Å². The monoisotopic (exact) mass is 300 g/mol. The van der Waals surface area contributed by atoms with Crippen LogP contribution in [0, 0.1) is 11.2 Å². The molecule has 0 aliphatic heterocycles. The van der Waals surface area contributed by atoms with Crippen LogP contribution >= 0.6 is 11.8 Å². The topological polar surface area (TPSA) is 78.6 Å². The molecule has 0 aliphatic carbocycles. The Labute approximate surface area is 125 Å². The molecule has 0 aliphatic rings. The molecule has 4 N–H and O–H groups in total. The molecule has 106 valence electrons. The molecular formula is C15H13FN4S. The third kappa shape index (κ3) is 2.90. The molecular weight excluding hydrogens is 287 g/mol. The smallest absolute Gasteiger partial charge is 0.166 e. The van der Waals surface area contributed by atoms with E-state index in [4.69, 9.17) is 11.1 Å². The van der Waals surface area contributed by atoms with E-state index < -0.39 is 0 Å². The number of imidazole rings is 1. The Morgan fingerprint density at radius 3 is 2.81 bits per heavy atom. The zero-order valence-corrected chi connectivity index (χ0v) is 11.9. The second kappa shape index (κ2) is 5.57. The summed E-state index contributed by atoms with van der Waals surface area (Å²) in [6, 6.07) is 12.3. The second-order valence-corrected chi connectivity index (χ2v) is 5.53. The molecule has 3 rings (SSSR count). The molecule has 1 aromatic heterocycles. The van der Waals surface area contributed by atoms with E-state index in [1.807, 2.05) is 24.3 Å². The van der Waals surface area contributed by atoms with Crippen molar-refractivity contribution in [1.29, 1.82) is 5.41 Å². The van der Waals surface area contributed by atoms with Crippen LogP contribution in [-0.2, 0) is 5.75 Å². The minimum Gasteiger partial charge on any atom is -0.384 e. The lowest BCUT2D eigenvalue weighted by Gasteiger charge is -2.04. The molecule has 1 heterocycles. The van der Waals surface area contributed by atoms with Crippen LogP contribution in [0.2, 0.25) is 0 Å². The number of nitrogens with two attached hydrogens (primary N) is 1. The largest absolute Gasteiger partial charge is 0.384 e. The lowest BCUT2D eigenvalue weighted by atomic mass is 10.1. The zero-order chi connectivity index (χ0) is 14.8. The maximum Gasteiger partial charge on any atom is 0.166 e. The van der Waals surface area contributed by atoms with E-state index in [1.54, 1.807) is 12.1 Å². The van der Waals surface area contributed by atoms with Crippen molar-refractivity contribution in [2.24, 2.45) is 5.73 Å². The molecule has 21 heavy (non-hydrogen) atoms. The number of rotatable bonds is 4. The summed E-state index contributed by atoms with van der Waals surface area (Å²) in [5, 5.41) is 8.05. The number of H-pyrrole nitrogens is 1. The van der Waals surface area contributed by atoms with Gasteiger partial charge in [0.1, 0.15) is 11.7 Å². The summed E-state index contributed by atoms with van der Waals surface area (Å²) < 4.78 is 13.9. The maximum absolute atomic E-state index is 13.9. The first-order chi connectivity index (χ1) is 10.1. The van der Waals surface area contributed by atoms with Crippen LogP contribution in [0.5, 0.6) is 0 Å². The van der Waals surface area contributed by atoms with Gasteiger partial charge in [-0.15, -0.1) is 0 Å². The highest BCUT2D eigenvalue weighted by molar-refractivity contribution is 7.98. The van der Waals surface area contributed by atoms with Crippen LogP contribution in [0.15, 0.2) is 47.6 Å². The lowest BCUT2D eigenvalue weighted by Crippen LogP contribution is -2.11. The number of halogens is 1. The van der Waals surface area contributed by atoms with Gasteiger partial charge >= 0.3 is 0 Å². The van der Waals surface area contributed by atoms with Gasteiger partial charge in [-0.2, -0.15) is 0 Å². The third-order valence-corrected chi connectivity index (χ3v) is 4.02. The molecule has 2 aromatic carbocycles. The molecule has 0 fully saturated rings. The van der Waals surface area contributed by atoms with E-state index in [-0.39, 0.29) is 11.7 Å². The van der Waals surface area contributed by atoms with Crippen molar-refractivity contribution in [1.82, 2.24) is 9.97 Å². The van der Waals surface area contributed by atoms with Crippen LogP contribution in [0.4, 0.5) is 4.39 Å². The Balaban J connectivity index is 1.76. The average molecular weight is 300 g/mol. The highest BCUT2D eigenvalue weighted by Crippen LogP contribution is 2.24. The number of aromatic amines is 1. The van der Waals surface area contributed by atoms with E-state index in [9.17, 15) is 4.39 Å². The minimum atomic E-state index is -0.355. The maximum atomic E-state index is 13.9. The van der Waals surface area contributed by atoms with Gasteiger partial charge in [-0.3, -0.25) is 5.41 Å². The van der Waals surface area contributed by atoms with E-state index in [0.717, 1.165) is 16.2 Å². The molecule has 0 saturated heterocycles. The van der Waals surface area contributed by atoms with Gasteiger partial charge in [-0.05, 0) is 23.8 Å². The molecule has 4 nitrogen and oxygen atoms in total. The van der Waals surface area contributed by atoms with Crippen LogP contribution in [0.1, 0.15) is 11.1 Å². The first kappa shape index (κ1) is 13.6. The van der Waals surface area contributed by atoms with Crippen LogP contribution in [0.3, 0.4) is 0 Å². The Bertz CT molecular complexity index is 779. The quantitative estimate of drug-likeness (QED) is 0.393. The van der Waals surface area contributed by atoms with E-state index >= 15 is 0 Å². The van der Waals surface area contributed by atoms with Crippen LogP contribution in [-0.4, -0.2) is 15.8 Å². The van der Waals surface area contributed by atoms with Crippen molar-refractivity contribution < 1.29 is 4.39 Å². The number of fused-ring (bicyclic) bond motifs is 1. The predicted octanol–water partition coefficient (Wildman–Crippen LogP) is 3.28. The number of para-hydroxylation sites is 2. The van der Waals surface area contributed by atoms with Crippen molar-refractivity contribution >= 4 is 28.6 Å². The molecule has 0 spiro atoms. The first-order valence-corrected chi connectivity index (χ1v) is 7.32. The number of hydrogen-bond acceptors (Lipinski definition) is 3. The Hall–Kier alpha value is -2.34. The Morgan fingerprint density at radius 2 is 2.10 bits per heavy atom. The predicted molar refractivity (Wildman–Crippen MR) is 83.1 cm³/mol. The molecule has 0 bridgehead atoms. The number of thioether (sulfide) groups is 1. The SMILES string of the molecule is N=C(N)c1ccc(CSc2nc3ccccc3[nH]2)c(F)c1. The van der Waals surface area contributed by atoms with Crippen molar-refractivity contribution in [3.63, 3.8) is 0 Å². The summed E-state index contributed by atoms with van der Waals surface area (Å²) in [4.78, 5) is 7.62. The van der Waals surface area contributed by atoms with Crippen molar-refractivity contribution in [2.45, 2.75) is 10.9 Å². The highest BCUT2D eigenvalue weighted by atomic mass is 32.2. The molecule has 3 aromatic rings. The number of benzene rings is 2. The number of hydrogen-bond donors (Lipinski definition) is 3. The van der Waals surface area contributed by atoms with Gasteiger partial charge < -0.3 is 10.7 Å². The van der Waals surface area contributed by atoms with E-state index in [2.05, 4.69) is 9.97 Å². The summed E-state index contributed by atoms with van der Waals surface area (Å²) >= 11 is 1.44. The van der Waals surface area contributed by atoms with E-state index in [0.29, 0.717) is 16.9 Å². The average Bonchev–Trinajstić information content (AvgIpc) is 2.88. The molecule has 0 radical (unpaired) electrons.